The van der Waals surface area contributed by atoms with Crippen molar-refractivity contribution in [2.24, 2.45) is 0 Å². The predicted molar refractivity (Wildman–Crippen MR) is 84.8 cm³/mol. The second-order valence-electron chi connectivity index (χ2n) is 4.66. The molecule has 0 heterocycles. The van der Waals surface area contributed by atoms with Crippen LogP contribution < -0.4 is 10.6 Å². The van der Waals surface area contributed by atoms with E-state index in [9.17, 15) is 9.59 Å². The highest BCUT2D eigenvalue weighted by Crippen LogP contribution is 2.20. The van der Waals surface area contributed by atoms with E-state index in [0.717, 1.165) is 23.0 Å². The third-order valence-electron chi connectivity index (χ3n) is 3.04. The number of nitrogens with one attached hydrogen (secondary N) is 2. The van der Waals surface area contributed by atoms with Crippen molar-refractivity contribution in [2.45, 2.75) is 25.3 Å². The van der Waals surface area contributed by atoms with E-state index >= 15 is 0 Å². The van der Waals surface area contributed by atoms with Crippen molar-refractivity contribution in [3.63, 3.8) is 0 Å². The Morgan fingerprint density at radius 3 is 2.52 bits per heavy atom. The molecule has 1 aromatic rings. The van der Waals surface area contributed by atoms with Crippen LogP contribution >= 0.6 is 15.9 Å². The second kappa shape index (κ2) is 9.52. The summed E-state index contributed by atoms with van der Waals surface area (Å²) in [6.07, 6.45) is 1.30. The monoisotopic (exact) mass is 356 g/mol. The quantitative estimate of drug-likeness (QED) is 0.553. The summed E-state index contributed by atoms with van der Waals surface area (Å²) >= 11 is 3.37. The average Bonchev–Trinajstić information content (AvgIpc) is 2.47. The van der Waals surface area contributed by atoms with Crippen LogP contribution in [-0.2, 0) is 14.3 Å². The number of benzene rings is 1. The molecule has 0 aliphatic carbocycles. The van der Waals surface area contributed by atoms with Crippen molar-refractivity contribution in [3.8, 4) is 0 Å². The molecule has 1 atom stereocenters. The minimum absolute atomic E-state index is 0.0675. The van der Waals surface area contributed by atoms with Crippen LogP contribution in [0.2, 0.25) is 0 Å². The molecule has 0 fully saturated rings. The molecule has 0 radical (unpaired) electrons. The minimum Gasteiger partial charge on any atom is -0.469 e. The molecule has 0 aliphatic rings. The minimum atomic E-state index is -0.368. The molecule has 1 unspecified atom stereocenters. The molecule has 0 aromatic heterocycles. The van der Waals surface area contributed by atoms with Gasteiger partial charge in [-0.05, 0) is 37.7 Å². The molecule has 0 spiro atoms. The Hall–Kier alpha value is -1.40. The number of carbonyl (C=O) groups is 2. The highest BCUT2D eigenvalue weighted by atomic mass is 79.9. The van der Waals surface area contributed by atoms with Gasteiger partial charge in [-0.1, -0.05) is 28.1 Å². The summed E-state index contributed by atoms with van der Waals surface area (Å²) in [6, 6.07) is 7.16. The lowest BCUT2D eigenvalue weighted by Crippen LogP contribution is -2.30. The fraction of sp³-hybridized carbons (Fsp3) is 0.467. The molecule has 5 nitrogen and oxygen atoms in total. The lowest BCUT2D eigenvalue weighted by molar-refractivity contribution is -0.141. The Balaban J connectivity index is 2.70. The average molecular weight is 357 g/mol. The highest BCUT2D eigenvalue weighted by Gasteiger charge is 2.18. The molecular weight excluding hydrogens is 336 g/mol. The van der Waals surface area contributed by atoms with Crippen molar-refractivity contribution in [1.29, 1.82) is 0 Å². The zero-order valence-electron chi connectivity index (χ0n) is 12.3. The normalized spacial score (nSPS) is 11.8. The molecule has 1 amide bonds. The van der Waals surface area contributed by atoms with E-state index < -0.39 is 0 Å². The van der Waals surface area contributed by atoms with Gasteiger partial charge in [-0.15, -0.1) is 0 Å². The van der Waals surface area contributed by atoms with Crippen LogP contribution in [-0.4, -0.2) is 32.6 Å². The molecule has 116 valence electrons. The van der Waals surface area contributed by atoms with Crippen molar-refractivity contribution < 1.29 is 14.3 Å². The van der Waals surface area contributed by atoms with Crippen LogP contribution in [0.4, 0.5) is 0 Å². The largest absolute Gasteiger partial charge is 0.469 e. The van der Waals surface area contributed by atoms with Crippen LogP contribution in [0.5, 0.6) is 0 Å². The van der Waals surface area contributed by atoms with Crippen molar-refractivity contribution in [2.75, 3.05) is 20.7 Å². The summed E-state index contributed by atoms with van der Waals surface area (Å²) in [5, 5.41) is 5.89. The number of methoxy groups -OCH3 is 1. The van der Waals surface area contributed by atoms with E-state index in [1.165, 1.54) is 7.11 Å². The summed E-state index contributed by atoms with van der Waals surface area (Å²) in [6.45, 7) is 0.785. The van der Waals surface area contributed by atoms with Gasteiger partial charge < -0.3 is 15.4 Å². The van der Waals surface area contributed by atoms with E-state index in [-0.39, 0.29) is 24.3 Å². The number of hydrogen-bond donors (Lipinski definition) is 2. The van der Waals surface area contributed by atoms with E-state index in [1.807, 2.05) is 31.3 Å². The molecule has 1 rings (SSSR count). The van der Waals surface area contributed by atoms with Crippen LogP contribution in [0.3, 0.4) is 0 Å². The van der Waals surface area contributed by atoms with E-state index in [2.05, 4.69) is 26.6 Å². The van der Waals surface area contributed by atoms with E-state index in [4.69, 9.17) is 4.74 Å². The maximum absolute atomic E-state index is 11.9. The summed E-state index contributed by atoms with van der Waals surface area (Å²) in [5.41, 5.74) is 0.880. The Kier molecular flexibility index (Phi) is 8.00. The summed E-state index contributed by atoms with van der Waals surface area (Å²) in [4.78, 5) is 23.4. The van der Waals surface area contributed by atoms with Crippen LogP contribution in [0.15, 0.2) is 28.7 Å². The van der Waals surface area contributed by atoms with Gasteiger partial charge in [0.25, 0.3) is 0 Å². The predicted octanol–water partition coefficient (Wildman–Crippen LogP) is 2.17. The second-order valence-corrected chi connectivity index (χ2v) is 5.57. The maximum Gasteiger partial charge on any atom is 0.307 e. The Morgan fingerprint density at radius 2 is 1.95 bits per heavy atom. The zero-order chi connectivity index (χ0) is 15.7. The van der Waals surface area contributed by atoms with Crippen LogP contribution in [0.1, 0.15) is 30.9 Å². The molecular formula is C15H21BrN2O3. The Morgan fingerprint density at radius 1 is 1.29 bits per heavy atom. The molecule has 0 aliphatic heterocycles. The van der Waals surface area contributed by atoms with Gasteiger partial charge in [0, 0.05) is 10.9 Å². The van der Waals surface area contributed by atoms with Crippen molar-refractivity contribution in [3.05, 3.63) is 34.3 Å². The summed E-state index contributed by atoms with van der Waals surface area (Å²) in [7, 11) is 3.19. The van der Waals surface area contributed by atoms with Gasteiger partial charge in [0.2, 0.25) is 5.91 Å². The van der Waals surface area contributed by atoms with Gasteiger partial charge >= 0.3 is 5.97 Å². The lowest BCUT2D eigenvalue weighted by Gasteiger charge is -2.18. The molecule has 1 aromatic carbocycles. The molecule has 2 N–H and O–H groups in total. The first-order valence-electron chi connectivity index (χ1n) is 6.83. The summed E-state index contributed by atoms with van der Waals surface area (Å²) < 4.78 is 5.64. The van der Waals surface area contributed by atoms with E-state index in [1.54, 1.807) is 0 Å². The lowest BCUT2D eigenvalue weighted by atomic mass is 10.0. The number of rotatable bonds is 8. The van der Waals surface area contributed by atoms with Crippen LogP contribution in [0.25, 0.3) is 0 Å². The highest BCUT2D eigenvalue weighted by molar-refractivity contribution is 9.10. The van der Waals surface area contributed by atoms with Crippen LogP contribution in [0, 0.1) is 0 Å². The smallest absolute Gasteiger partial charge is 0.307 e. The van der Waals surface area contributed by atoms with Gasteiger partial charge in [-0.25, -0.2) is 0 Å². The number of amides is 1. The Bertz CT molecular complexity index is 462. The zero-order valence-corrected chi connectivity index (χ0v) is 13.9. The first kappa shape index (κ1) is 17.7. The third kappa shape index (κ3) is 6.73. The van der Waals surface area contributed by atoms with Crippen molar-refractivity contribution >= 4 is 27.8 Å². The molecule has 0 bridgehead atoms. The molecule has 0 saturated carbocycles. The Labute approximate surface area is 133 Å². The van der Waals surface area contributed by atoms with Crippen molar-refractivity contribution in [1.82, 2.24) is 10.6 Å². The standard InChI is InChI=1S/C15H21BrN2O3/c1-17-9-3-4-14(19)18-13(10-15(20)21-2)11-5-7-12(16)8-6-11/h5-8,13,17H,3-4,9-10H2,1-2H3,(H,18,19). The fourth-order valence-corrected chi connectivity index (χ4v) is 2.15. The van der Waals surface area contributed by atoms with E-state index in [0.29, 0.717) is 6.42 Å². The number of hydrogen-bond acceptors (Lipinski definition) is 4. The number of esters is 1. The van der Waals surface area contributed by atoms with Gasteiger partial charge in [0.1, 0.15) is 0 Å². The third-order valence-corrected chi connectivity index (χ3v) is 3.57. The van der Waals surface area contributed by atoms with Gasteiger partial charge in [0.05, 0.1) is 19.6 Å². The van der Waals surface area contributed by atoms with Gasteiger partial charge in [-0.3, -0.25) is 9.59 Å². The first-order chi connectivity index (χ1) is 10.1. The fourth-order valence-electron chi connectivity index (χ4n) is 1.89. The molecule has 6 heteroatoms. The molecule has 0 saturated heterocycles. The maximum atomic E-state index is 11.9. The molecule has 21 heavy (non-hydrogen) atoms. The SMILES string of the molecule is CNCCCC(=O)NC(CC(=O)OC)c1ccc(Br)cc1. The van der Waals surface area contributed by atoms with Gasteiger partial charge in [0.15, 0.2) is 0 Å². The number of ether oxygens (including phenoxy) is 1. The first-order valence-corrected chi connectivity index (χ1v) is 7.62. The number of carbonyl (C=O) groups excluding carboxylic acids is 2. The van der Waals surface area contributed by atoms with Gasteiger partial charge in [-0.2, -0.15) is 0 Å². The topological polar surface area (TPSA) is 67.4 Å². The number of halogens is 1. The summed E-state index contributed by atoms with van der Waals surface area (Å²) in [5.74, 6) is -0.416.